The lowest BCUT2D eigenvalue weighted by Crippen LogP contribution is -3.00. The Balaban J connectivity index is 0.0000122. The van der Waals surface area contributed by atoms with Crippen molar-refractivity contribution in [2.75, 3.05) is 27.9 Å². The number of halogens is 1. The zero-order valence-electron chi connectivity index (χ0n) is 46.1. The van der Waals surface area contributed by atoms with Gasteiger partial charge in [0.05, 0.1) is 23.7 Å². The Morgan fingerprint density at radius 1 is 0.893 bits per heavy atom. The number of carbonyl (C=O) groups is 6. The van der Waals surface area contributed by atoms with E-state index in [1.807, 2.05) is 80.5 Å². The molecule has 420 valence electrons. The third-order valence-electron chi connectivity index (χ3n) is 15.9. The summed E-state index contributed by atoms with van der Waals surface area (Å²) in [5, 5.41) is 25.5. The number of carbonyl (C=O) groups excluding carboxylic acids is 6. The van der Waals surface area contributed by atoms with Crippen LogP contribution < -0.4 is 21.5 Å². The third-order valence-corrected chi connectivity index (χ3v) is 16.8. The van der Waals surface area contributed by atoms with E-state index < -0.39 is 89.8 Å². The van der Waals surface area contributed by atoms with E-state index in [4.69, 9.17) is 28.4 Å². The van der Waals surface area contributed by atoms with Crippen LogP contribution >= 0.6 is 11.3 Å². The number of nitrogens with zero attached hydrogens (tertiary/aromatic N) is 2. The summed E-state index contributed by atoms with van der Waals surface area (Å²) in [5.74, 6) is -8.61. The first-order valence-corrected chi connectivity index (χ1v) is 27.7. The summed E-state index contributed by atoms with van der Waals surface area (Å²) in [4.78, 5) is 85.6. The van der Waals surface area contributed by atoms with Crippen molar-refractivity contribution < 1.29 is 89.0 Å². The number of methoxy groups -OCH3 is 3. The van der Waals surface area contributed by atoms with E-state index in [0.717, 1.165) is 11.3 Å². The predicted molar refractivity (Wildman–Crippen MR) is 278 cm³/mol. The Kier molecular flexibility index (Phi) is 25.4. The number of Topliss-reactive ketones (excluding diaryl/α,β-unsaturated/α-hetero) is 3. The number of hydrogen-bond donors (Lipinski definition) is 2. The summed E-state index contributed by atoms with van der Waals surface area (Å²) >= 11 is 1.50. The first-order valence-electron chi connectivity index (χ1n) is 26.7. The largest absolute Gasteiger partial charge is 1.00 e. The van der Waals surface area contributed by atoms with Gasteiger partial charge in [-0.3, -0.25) is 19.2 Å². The van der Waals surface area contributed by atoms with E-state index in [-0.39, 0.29) is 78.4 Å². The number of aryl methyl sites for hydroxylation is 1. The van der Waals surface area contributed by atoms with Crippen molar-refractivity contribution in [3.8, 4) is 0 Å². The second kappa shape index (κ2) is 29.8. The number of thiazole rings is 1. The summed E-state index contributed by atoms with van der Waals surface area (Å²) in [6, 6.07) is -1.17. The van der Waals surface area contributed by atoms with E-state index in [0.29, 0.717) is 69.8 Å². The van der Waals surface area contributed by atoms with Crippen molar-refractivity contribution in [3.05, 3.63) is 64.2 Å². The number of esters is 2. The monoisotopic (exact) mass is 1130 g/mol. The summed E-state index contributed by atoms with van der Waals surface area (Å²) in [6.07, 6.45) is 10.9. The minimum Gasteiger partial charge on any atom is -1.00 e. The van der Waals surface area contributed by atoms with Crippen molar-refractivity contribution >= 4 is 46.5 Å². The molecule has 1 saturated carbocycles. The number of amides is 1. The molecule has 1 aromatic rings. The average Bonchev–Trinajstić information content (AvgIpc) is 3.78. The molecule has 15 atom stereocenters. The van der Waals surface area contributed by atoms with Gasteiger partial charge in [-0.2, -0.15) is 4.57 Å². The van der Waals surface area contributed by atoms with Crippen LogP contribution in [0.2, 0.25) is 0 Å². The maximum Gasteiger partial charge on any atom is 0.373 e. The van der Waals surface area contributed by atoms with Gasteiger partial charge in [-0.25, -0.2) is 9.59 Å². The van der Waals surface area contributed by atoms with Crippen LogP contribution in [0, 0.1) is 42.4 Å². The number of rotatable bonds is 9. The molecule has 1 aliphatic carbocycles. The molecule has 0 aromatic carbocycles. The first kappa shape index (κ1) is 63.8. The zero-order chi connectivity index (χ0) is 54.4. The minimum atomic E-state index is -2.45. The molecule has 2 N–H and O–H groups in total. The molecule has 2 saturated heterocycles. The first-order chi connectivity index (χ1) is 35.1. The highest BCUT2D eigenvalue weighted by molar-refractivity contribution is 7.07. The second-order valence-corrected chi connectivity index (χ2v) is 22.4. The van der Waals surface area contributed by atoms with Crippen LogP contribution in [0.1, 0.15) is 131 Å². The van der Waals surface area contributed by atoms with E-state index in [9.17, 15) is 39.0 Å². The van der Waals surface area contributed by atoms with E-state index in [2.05, 4.69) is 0 Å². The number of ketones is 3. The Bertz CT molecular complexity index is 2230. The Hall–Kier alpha value is -3.75. The molecule has 3 aliphatic heterocycles. The molecule has 4 heterocycles. The maximum atomic E-state index is 14.6. The molecule has 1 amide bonds. The maximum absolute atomic E-state index is 14.6. The molecule has 0 radical (unpaired) electrons. The summed E-state index contributed by atoms with van der Waals surface area (Å²) < 4.78 is 37.7. The minimum absolute atomic E-state index is 0. The number of allylic oxidation sites excluding steroid dienone is 6. The summed E-state index contributed by atoms with van der Waals surface area (Å²) in [6.45, 7) is 14.7. The van der Waals surface area contributed by atoms with E-state index in [1.54, 1.807) is 41.1 Å². The van der Waals surface area contributed by atoms with E-state index in [1.165, 1.54) is 23.3 Å². The SMILES string of the molecule is CO[C@H]1C[C@@H]2CC[C@@H](C)[C@@](O)(O2)C(=O)C(=O)N2CCCC[C@H]2C(=O)O[C@H]([C@H](C)C[C@@H]2CC[C@@H](OC(=O)C[n+]3cscc3C)[C@H](OC)C2)CC(=O)[C@H](C)/C=C(\C)[C@@H](O)[C@@H](OC)C(=O)[C@H](C)C[C@H](C)/C=C/C=C/C=C/1C.[Br-]. The number of piperidine rings is 1. The van der Waals surface area contributed by atoms with Gasteiger partial charge in [-0.05, 0) is 107 Å². The number of aromatic nitrogens is 1. The summed E-state index contributed by atoms with van der Waals surface area (Å²) in [7, 11) is 4.54. The van der Waals surface area contributed by atoms with Gasteiger partial charge in [0, 0.05) is 65.4 Å². The molecule has 2 bridgehead atoms. The third kappa shape index (κ3) is 17.1. The highest BCUT2D eigenvalue weighted by Gasteiger charge is 2.53. The van der Waals surface area contributed by atoms with Crippen molar-refractivity contribution in [1.82, 2.24) is 4.90 Å². The number of aliphatic hydroxyl groups is 2. The number of fused-ring (bicyclic) bond motifs is 3. The molecule has 4 aliphatic rings. The lowest BCUT2D eigenvalue weighted by Gasteiger charge is -2.42. The van der Waals surface area contributed by atoms with Gasteiger partial charge >= 0.3 is 11.9 Å². The molecule has 1 aromatic heterocycles. The molecule has 16 nitrogen and oxygen atoms in total. The van der Waals surface area contributed by atoms with Crippen LogP contribution in [0.3, 0.4) is 0 Å². The Morgan fingerprint density at radius 2 is 1.63 bits per heavy atom. The smallest absolute Gasteiger partial charge is 0.373 e. The average molecular weight is 1130 g/mol. The second-order valence-electron chi connectivity index (χ2n) is 21.7. The van der Waals surface area contributed by atoms with Gasteiger partial charge in [-0.1, -0.05) is 82.4 Å². The summed E-state index contributed by atoms with van der Waals surface area (Å²) in [5.41, 5.74) is 4.08. The molecule has 5 rings (SSSR count). The highest BCUT2D eigenvalue weighted by atomic mass is 79.9. The Labute approximate surface area is 459 Å². The number of cyclic esters (lactones) is 1. The normalized spacial score (nSPS) is 36.4. The Morgan fingerprint density at radius 3 is 2.29 bits per heavy atom. The fraction of sp³-hybridized carbons (Fsp3) is 0.702. The van der Waals surface area contributed by atoms with Gasteiger partial charge < -0.3 is 60.5 Å². The van der Waals surface area contributed by atoms with Crippen LogP contribution in [-0.2, 0) is 63.7 Å². The van der Waals surface area contributed by atoms with Crippen molar-refractivity contribution in [2.24, 2.45) is 35.5 Å². The lowest BCUT2D eigenvalue weighted by atomic mass is 9.78. The molecule has 0 unspecified atom stereocenters. The molecule has 18 heteroatoms. The van der Waals surface area contributed by atoms with E-state index >= 15 is 0 Å². The van der Waals surface area contributed by atoms with Crippen LogP contribution in [-0.4, -0.2) is 133 Å². The molecule has 3 fully saturated rings. The lowest BCUT2D eigenvalue weighted by molar-refractivity contribution is -0.687. The number of ether oxygens (including phenoxy) is 6. The van der Waals surface area contributed by atoms with Crippen molar-refractivity contribution in [1.29, 1.82) is 0 Å². The highest BCUT2D eigenvalue weighted by Crippen LogP contribution is 2.38. The van der Waals surface area contributed by atoms with Crippen LogP contribution in [0.5, 0.6) is 0 Å². The van der Waals surface area contributed by atoms with Gasteiger partial charge in [0.1, 0.15) is 36.2 Å². The van der Waals surface area contributed by atoms with Gasteiger partial charge in [-0.15, -0.1) is 0 Å². The van der Waals surface area contributed by atoms with Crippen molar-refractivity contribution in [3.63, 3.8) is 0 Å². The topological polar surface area (TPSA) is 205 Å². The van der Waals surface area contributed by atoms with Gasteiger partial charge in [0.15, 0.2) is 11.5 Å². The van der Waals surface area contributed by atoms with Gasteiger partial charge in [0.25, 0.3) is 11.7 Å². The molecule has 0 spiro atoms. The molecular formula is C57H85BrN2O14S. The van der Waals surface area contributed by atoms with Crippen LogP contribution in [0.15, 0.2) is 58.5 Å². The van der Waals surface area contributed by atoms with Crippen LogP contribution in [0.25, 0.3) is 0 Å². The quantitative estimate of drug-likeness (QED) is 0.155. The van der Waals surface area contributed by atoms with Gasteiger partial charge in [0.2, 0.25) is 17.8 Å². The zero-order valence-corrected chi connectivity index (χ0v) is 48.5. The fourth-order valence-corrected chi connectivity index (χ4v) is 11.9. The predicted octanol–water partition coefficient (Wildman–Crippen LogP) is 4.09. The van der Waals surface area contributed by atoms with Crippen molar-refractivity contribution in [2.45, 2.75) is 194 Å². The van der Waals surface area contributed by atoms with Crippen LogP contribution in [0.4, 0.5) is 0 Å². The molecular weight excluding hydrogens is 1050 g/mol. The number of hydrogen-bond acceptors (Lipinski definition) is 15. The molecule has 75 heavy (non-hydrogen) atoms. The number of aliphatic hydroxyl groups excluding tert-OH is 1. The standard InChI is InChI=1S/C57H85N2O14S.BrH/c1-34-17-13-12-14-18-35(2)47(68-9)29-43-22-20-40(7)57(67,73-43)54(64)55(65)59-24-16-15-19-44(59)56(66)72-48(30-45(60)36(3)26-39(6)52(63)53(70-11)51(62)38(5)25-34)37(4)27-42-21-23-46(49(28-42)69-10)71-50(61)31-58-33-74-32-41(58)8;/h12-14,17-18,26,32-34,36-38,40,42-44,46-49,52-53,63,67H,15-16,19-25,27-31H2,1-11H3;1H/q+1;/p-1/b14-12+,17-13+,35-18+,39-26+;/t34-,36-,37-,38-,40-,42+,43+,44+,46-,47+,48+,49-,52-,53+,57-;/m1./s1. The fourth-order valence-electron chi connectivity index (χ4n) is 11.1.